The van der Waals surface area contributed by atoms with Gasteiger partial charge in [0.2, 0.25) is 0 Å². The number of hydrogen-bond acceptors (Lipinski definition) is 9. The van der Waals surface area contributed by atoms with Crippen LogP contribution in [0.5, 0.6) is 0 Å². The van der Waals surface area contributed by atoms with Crippen molar-refractivity contribution in [1.29, 1.82) is 0 Å². The zero-order valence-corrected chi connectivity index (χ0v) is 25.1. The SMILES string of the molecule is C[C@H]1C[C@@H]2C[C@@H](OCc3c(-c4c(Cl)cccc4Cl)noc3C3CC3)C[C@H]1[C@]2(O)c1nc2c(F)cc(C(N)NO)cc2s1. The summed E-state index contributed by atoms with van der Waals surface area (Å²) in [5, 5.41) is 27.3. The first kappa shape index (κ1) is 28.6. The Morgan fingerprint density at radius 3 is 2.69 bits per heavy atom. The molecule has 0 saturated heterocycles. The van der Waals surface area contributed by atoms with E-state index in [0.29, 0.717) is 61.9 Å². The van der Waals surface area contributed by atoms with Crippen LogP contribution in [0.25, 0.3) is 21.5 Å². The van der Waals surface area contributed by atoms with Gasteiger partial charge >= 0.3 is 0 Å². The summed E-state index contributed by atoms with van der Waals surface area (Å²) in [6.45, 7) is 2.45. The van der Waals surface area contributed by atoms with Crippen molar-refractivity contribution < 1.29 is 24.0 Å². The summed E-state index contributed by atoms with van der Waals surface area (Å²) in [6.07, 6.45) is 3.18. The highest BCUT2D eigenvalue weighted by Crippen LogP contribution is 2.59. The van der Waals surface area contributed by atoms with Crippen LogP contribution < -0.4 is 11.2 Å². The molecule has 0 spiro atoms. The van der Waals surface area contributed by atoms with Crippen molar-refractivity contribution in [3.63, 3.8) is 0 Å². The second-order valence-corrected chi connectivity index (χ2v) is 13.8. The van der Waals surface area contributed by atoms with Gasteiger partial charge in [-0.15, -0.1) is 11.3 Å². The molecule has 2 heterocycles. The molecule has 2 aromatic carbocycles. The minimum absolute atomic E-state index is 0.0897. The molecular weight excluding hydrogens is 602 g/mol. The van der Waals surface area contributed by atoms with Crippen LogP contribution in [0.15, 0.2) is 34.9 Å². The number of hydroxylamine groups is 1. The summed E-state index contributed by atoms with van der Waals surface area (Å²) in [5.41, 5.74) is 9.34. The van der Waals surface area contributed by atoms with E-state index in [1.54, 1.807) is 24.3 Å². The fraction of sp³-hybridized carbons (Fsp3) is 0.467. The number of nitrogens with one attached hydrogen (secondary N) is 1. The van der Waals surface area contributed by atoms with Crippen molar-refractivity contribution >= 4 is 44.8 Å². The van der Waals surface area contributed by atoms with Gasteiger partial charge in [-0.1, -0.05) is 41.3 Å². The van der Waals surface area contributed by atoms with Crippen molar-refractivity contribution in [2.45, 2.75) is 69.4 Å². The average Bonchev–Trinajstić information content (AvgIpc) is 3.55. The van der Waals surface area contributed by atoms with Gasteiger partial charge in [-0.2, -0.15) is 5.48 Å². The first-order valence-corrected chi connectivity index (χ1v) is 15.8. The molecule has 42 heavy (non-hydrogen) atoms. The molecule has 1 unspecified atom stereocenters. The van der Waals surface area contributed by atoms with E-state index in [4.69, 9.17) is 38.2 Å². The maximum atomic E-state index is 15.0. The maximum absolute atomic E-state index is 15.0. The van der Waals surface area contributed by atoms with Gasteiger partial charge in [-0.25, -0.2) is 9.37 Å². The number of thiazole rings is 1. The summed E-state index contributed by atoms with van der Waals surface area (Å²) >= 11 is 14.3. The Bertz CT molecular complexity index is 1640. The Labute approximate surface area is 255 Å². The van der Waals surface area contributed by atoms with Gasteiger partial charge in [0.15, 0.2) is 5.82 Å². The molecule has 2 bridgehead atoms. The number of ether oxygens (including phenoxy) is 1. The molecule has 12 heteroatoms. The fourth-order valence-electron chi connectivity index (χ4n) is 7.07. The molecule has 0 aliphatic heterocycles. The van der Waals surface area contributed by atoms with Crippen LogP contribution in [0.1, 0.15) is 73.0 Å². The molecule has 0 radical (unpaired) electrons. The summed E-state index contributed by atoms with van der Waals surface area (Å²) in [5.74, 6) is 0.657. The van der Waals surface area contributed by atoms with E-state index >= 15 is 0 Å². The third-order valence-corrected chi connectivity index (χ3v) is 11.1. The van der Waals surface area contributed by atoms with E-state index in [2.05, 4.69) is 17.1 Å². The molecule has 3 saturated carbocycles. The lowest BCUT2D eigenvalue weighted by Gasteiger charge is -2.41. The Morgan fingerprint density at radius 1 is 1.24 bits per heavy atom. The number of nitrogens with two attached hydrogens (primary N) is 1. The van der Waals surface area contributed by atoms with Crippen molar-refractivity contribution in [3.05, 3.63) is 68.1 Å². The van der Waals surface area contributed by atoms with Gasteiger partial charge in [0.25, 0.3) is 0 Å². The lowest BCUT2D eigenvalue weighted by Crippen LogP contribution is -2.45. The summed E-state index contributed by atoms with van der Waals surface area (Å²) < 4.78 is 27.9. The van der Waals surface area contributed by atoms with Crippen LogP contribution in [0.2, 0.25) is 10.0 Å². The summed E-state index contributed by atoms with van der Waals surface area (Å²) in [7, 11) is 0. The maximum Gasteiger partial charge on any atom is 0.150 e. The number of hydrogen-bond donors (Lipinski definition) is 4. The van der Waals surface area contributed by atoms with Crippen molar-refractivity contribution in [2.24, 2.45) is 23.5 Å². The third-order valence-electron chi connectivity index (χ3n) is 9.34. The Kier molecular flexibility index (Phi) is 7.34. The topological polar surface area (TPSA) is 127 Å². The van der Waals surface area contributed by atoms with Gasteiger partial charge in [0.1, 0.15) is 33.7 Å². The largest absolute Gasteiger partial charge is 0.382 e. The minimum atomic E-state index is -1.18. The van der Waals surface area contributed by atoms with E-state index in [1.807, 2.05) is 5.48 Å². The van der Waals surface area contributed by atoms with Crippen molar-refractivity contribution in [3.8, 4) is 11.3 Å². The van der Waals surface area contributed by atoms with Gasteiger partial charge in [-0.3, -0.25) is 0 Å². The number of benzene rings is 2. The molecule has 6 atom stereocenters. The monoisotopic (exact) mass is 632 g/mol. The van der Waals surface area contributed by atoms with Gasteiger partial charge < -0.3 is 25.3 Å². The fourth-order valence-corrected chi connectivity index (χ4v) is 8.90. The highest BCUT2D eigenvalue weighted by atomic mass is 35.5. The predicted molar refractivity (Wildman–Crippen MR) is 158 cm³/mol. The highest BCUT2D eigenvalue weighted by molar-refractivity contribution is 7.18. The van der Waals surface area contributed by atoms with Crippen LogP contribution in [0.3, 0.4) is 0 Å². The quantitative estimate of drug-likeness (QED) is 0.120. The number of halogens is 3. The molecule has 3 aliphatic rings. The zero-order valence-electron chi connectivity index (χ0n) is 22.8. The van der Waals surface area contributed by atoms with E-state index in [-0.39, 0.29) is 29.4 Å². The molecule has 7 rings (SSSR count). The number of aromatic nitrogens is 2. The molecule has 2 aromatic heterocycles. The van der Waals surface area contributed by atoms with Crippen LogP contribution in [0.4, 0.5) is 4.39 Å². The average molecular weight is 634 g/mol. The van der Waals surface area contributed by atoms with Crippen LogP contribution in [-0.2, 0) is 16.9 Å². The molecule has 8 nitrogen and oxygen atoms in total. The van der Waals surface area contributed by atoms with Crippen molar-refractivity contribution in [1.82, 2.24) is 15.6 Å². The van der Waals surface area contributed by atoms with Crippen LogP contribution in [-0.4, -0.2) is 26.6 Å². The number of nitrogens with zero attached hydrogens (tertiary/aromatic N) is 2. The van der Waals surface area contributed by atoms with Crippen molar-refractivity contribution in [2.75, 3.05) is 0 Å². The molecule has 3 aliphatic carbocycles. The smallest absolute Gasteiger partial charge is 0.150 e. The third kappa shape index (κ3) is 4.68. The summed E-state index contributed by atoms with van der Waals surface area (Å²) in [4.78, 5) is 4.60. The highest BCUT2D eigenvalue weighted by Gasteiger charge is 2.59. The molecule has 5 N–H and O–H groups in total. The predicted octanol–water partition coefficient (Wildman–Crippen LogP) is 7.05. The van der Waals surface area contributed by atoms with Gasteiger partial charge in [0.05, 0.1) is 27.5 Å². The standard InChI is InChI=1S/C30H31Cl2FN4O4S/c1-13-7-16-10-17(40-12-18-25(37-41-27(18)14-5-6-14)24-20(31)3-2-4-21(24)32)11-19(13)30(16,38)29-35-26-22(33)8-15(28(34)36-39)9-23(26)42-29/h2-4,8-9,13-14,16-17,19,28,36,38-39H,5-7,10-12,34H2,1H3/t13-,16+,17+,19+,28?,30-/m0/s1. The lowest BCUT2D eigenvalue weighted by atomic mass is 9.72. The van der Waals surface area contributed by atoms with E-state index in [1.165, 1.54) is 17.4 Å². The summed E-state index contributed by atoms with van der Waals surface area (Å²) in [6, 6.07) is 8.33. The Morgan fingerprint density at radius 2 is 2.00 bits per heavy atom. The number of rotatable bonds is 8. The molecule has 4 aromatic rings. The normalized spacial score (nSPS) is 28.1. The molecule has 222 valence electrons. The number of fused-ring (bicyclic) bond motifs is 3. The Hall–Kier alpha value is -2.15. The number of aliphatic hydroxyl groups is 1. The lowest BCUT2D eigenvalue weighted by molar-refractivity contribution is -0.120. The minimum Gasteiger partial charge on any atom is -0.382 e. The second kappa shape index (κ2) is 10.8. The van der Waals surface area contributed by atoms with Crippen LogP contribution in [0, 0.1) is 23.6 Å². The molecule has 3 fully saturated rings. The van der Waals surface area contributed by atoms with Crippen LogP contribution >= 0.6 is 34.5 Å². The Balaban J connectivity index is 1.15. The molecule has 0 amide bonds. The molecular formula is C30H31Cl2FN4O4S. The second-order valence-electron chi connectivity index (χ2n) is 12.0. The van der Waals surface area contributed by atoms with Gasteiger partial charge in [0, 0.05) is 17.0 Å². The van der Waals surface area contributed by atoms with Gasteiger partial charge in [-0.05, 0) is 79.7 Å². The van der Waals surface area contributed by atoms with E-state index in [0.717, 1.165) is 30.6 Å². The van der Waals surface area contributed by atoms with E-state index in [9.17, 15) is 14.7 Å². The first-order valence-electron chi connectivity index (χ1n) is 14.2. The van der Waals surface area contributed by atoms with E-state index < -0.39 is 17.6 Å². The zero-order chi connectivity index (χ0) is 29.3. The first-order chi connectivity index (χ1) is 20.2.